The van der Waals surface area contributed by atoms with E-state index in [9.17, 15) is 9.18 Å². The summed E-state index contributed by atoms with van der Waals surface area (Å²) in [5.74, 6) is 0.538. The van der Waals surface area contributed by atoms with Crippen LogP contribution in [0.1, 0.15) is 23.6 Å². The van der Waals surface area contributed by atoms with E-state index in [1.54, 1.807) is 6.07 Å². The molecule has 1 aliphatic rings. The zero-order valence-electron chi connectivity index (χ0n) is 13.0. The number of nitrogens with one attached hydrogen (secondary N) is 2. The fraction of sp³-hybridized carbons (Fsp3) is 0.278. The number of benzene rings is 2. The van der Waals surface area contributed by atoms with E-state index in [0.717, 1.165) is 27.8 Å². The van der Waals surface area contributed by atoms with Crippen LogP contribution in [-0.2, 0) is 6.42 Å². The average molecular weight is 393 g/mol. The highest BCUT2D eigenvalue weighted by molar-refractivity contribution is 9.10. The highest BCUT2D eigenvalue weighted by atomic mass is 79.9. The number of hydrogen-bond acceptors (Lipinski definition) is 2. The lowest BCUT2D eigenvalue weighted by Gasteiger charge is -2.27. The van der Waals surface area contributed by atoms with Crippen LogP contribution in [0.3, 0.4) is 0 Å². The molecular formula is C18H18BrFN2O2. The first-order chi connectivity index (χ1) is 11.6. The Kier molecular flexibility index (Phi) is 5.35. The fourth-order valence-electron chi connectivity index (χ4n) is 2.74. The lowest BCUT2D eigenvalue weighted by Crippen LogP contribution is -2.40. The largest absolute Gasteiger partial charge is 0.493 e. The maximum atomic E-state index is 13.1. The zero-order valence-corrected chi connectivity index (χ0v) is 14.6. The first kappa shape index (κ1) is 16.8. The summed E-state index contributed by atoms with van der Waals surface area (Å²) >= 11 is 3.44. The van der Waals surface area contributed by atoms with Crippen molar-refractivity contribution in [3.8, 4) is 5.75 Å². The molecule has 0 aromatic heterocycles. The van der Waals surface area contributed by atoms with Crippen molar-refractivity contribution >= 4 is 22.0 Å². The molecule has 2 N–H and O–H groups in total. The van der Waals surface area contributed by atoms with Gasteiger partial charge in [0.1, 0.15) is 11.6 Å². The van der Waals surface area contributed by atoms with Gasteiger partial charge in [0.05, 0.1) is 12.6 Å². The summed E-state index contributed by atoms with van der Waals surface area (Å²) in [7, 11) is 0. The van der Waals surface area contributed by atoms with E-state index in [-0.39, 0.29) is 17.9 Å². The normalized spacial score (nSPS) is 16.0. The van der Waals surface area contributed by atoms with Gasteiger partial charge in [-0.1, -0.05) is 28.1 Å². The standard InChI is InChI=1S/C18H18BrFN2O2/c19-13-4-5-17-15(11-13)16(7-9-24-17)22-18(23)21-8-6-12-2-1-3-14(20)10-12/h1-5,10-11,16H,6-9H2,(H2,21,22,23). The lowest BCUT2D eigenvalue weighted by molar-refractivity contribution is 0.223. The van der Waals surface area contributed by atoms with E-state index in [1.807, 2.05) is 24.3 Å². The third kappa shape index (κ3) is 4.26. The molecule has 0 aliphatic carbocycles. The molecule has 2 amide bonds. The minimum absolute atomic E-state index is 0.0829. The quantitative estimate of drug-likeness (QED) is 0.827. The third-order valence-electron chi connectivity index (χ3n) is 3.90. The molecule has 1 heterocycles. The summed E-state index contributed by atoms with van der Waals surface area (Å²) in [6.45, 7) is 1.02. The highest BCUT2D eigenvalue weighted by Crippen LogP contribution is 2.33. The van der Waals surface area contributed by atoms with Crippen molar-refractivity contribution in [2.75, 3.05) is 13.2 Å². The number of carbonyl (C=O) groups is 1. The van der Waals surface area contributed by atoms with Crippen LogP contribution in [0.25, 0.3) is 0 Å². The number of urea groups is 1. The summed E-state index contributed by atoms with van der Waals surface area (Å²) in [5.41, 5.74) is 1.83. The van der Waals surface area contributed by atoms with Gasteiger partial charge in [0.15, 0.2) is 0 Å². The van der Waals surface area contributed by atoms with Crippen LogP contribution in [0.4, 0.5) is 9.18 Å². The van der Waals surface area contributed by atoms with E-state index >= 15 is 0 Å². The maximum absolute atomic E-state index is 13.1. The van der Waals surface area contributed by atoms with Gasteiger partial charge in [-0.15, -0.1) is 0 Å². The molecule has 0 spiro atoms. The lowest BCUT2D eigenvalue weighted by atomic mass is 10.0. The van der Waals surface area contributed by atoms with Crippen molar-refractivity contribution in [1.29, 1.82) is 0 Å². The van der Waals surface area contributed by atoms with E-state index in [0.29, 0.717) is 19.6 Å². The molecule has 0 saturated heterocycles. The first-order valence-corrected chi connectivity index (χ1v) is 8.62. The Labute approximate surface area is 148 Å². The smallest absolute Gasteiger partial charge is 0.315 e. The van der Waals surface area contributed by atoms with Crippen molar-refractivity contribution in [3.05, 3.63) is 63.9 Å². The number of fused-ring (bicyclic) bond motifs is 1. The van der Waals surface area contributed by atoms with Crippen molar-refractivity contribution in [3.63, 3.8) is 0 Å². The molecule has 0 fully saturated rings. The van der Waals surface area contributed by atoms with Crippen molar-refractivity contribution in [2.24, 2.45) is 0 Å². The molecule has 2 aromatic rings. The summed E-state index contributed by atoms with van der Waals surface area (Å²) in [6.07, 6.45) is 1.31. The summed E-state index contributed by atoms with van der Waals surface area (Å²) in [5, 5.41) is 5.79. The van der Waals surface area contributed by atoms with E-state index in [4.69, 9.17) is 4.74 Å². The Balaban J connectivity index is 1.53. The Morgan fingerprint density at radius 1 is 1.29 bits per heavy atom. The van der Waals surface area contributed by atoms with Crippen LogP contribution in [0, 0.1) is 5.82 Å². The molecule has 1 atom stereocenters. The van der Waals surface area contributed by atoms with Crippen LogP contribution in [-0.4, -0.2) is 19.2 Å². The molecule has 3 rings (SSSR count). The molecule has 0 radical (unpaired) electrons. The summed E-state index contributed by atoms with van der Waals surface area (Å²) in [6, 6.07) is 11.9. The molecule has 1 unspecified atom stereocenters. The third-order valence-corrected chi connectivity index (χ3v) is 4.40. The van der Waals surface area contributed by atoms with Crippen LogP contribution >= 0.6 is 15.9 Å². The van der Waals surface area contributed by atoms with Gasteiger partial charge in [0, 0.05) is 23.0 Å². The first-order valence-electron chi connectivity index (χ1n) is 7.83. The molecular weight excluding hydrogens is 375 g/mol. The predicted octanol–water partition coefficient (Wildman–Crippen LogP) is 3.95. The highest BCUT2D eigenvalue weighted by Gasteiger charge is 2.23. The molecule has 6 heteroatoms. The van der Waals surface area contributed by atoms with Crippen molar-refractivity contribution in [2.45, 2.75) is 18.9 Å². The Morgan fingerprint density at radius 3 is 3.00 bits per heavy atom. The number of halogens is 2. The molecule has 126 valence electrons. The number of amides is 2. The summed E-state index contributed by atoms with van der Waals surface area (Å²) < 4.78 is 19.7. The van der Waals surface area contributed by atoms with Gasteiger partial charge in [-0.05, 0) is 42.3 Å². The second-order valence-electron chi connectivity index (χ2n) is 5.65. The van der Waals surface area contributed by atoms with Gasteiger partial charge in [0.25, 0.3) is 0 Å². The van der Waals surface area contributed by atoms with Crippen LogP contribution in [0.15, 0.2) is 46.9 Å². The predicted molar refractivity (Wildman–Crippen MR) is 93.6 cm³/mol. The fourth-order valence-corrected chi connectivity index (χ4v) is 3.12. The Morgan fingerprint density at radius 2 is 2.17 bits per heavy atom. The van der Waals surface area contributed by atoms with E-state index < -0.39 is 0 Å². The molecule has 0 bridgehead atoms. The number of carbonyl (C=O) groups excluding carboxylic acids is 1. The minimum atomic E-state index is -0.263. The molecule has 0 saturated carbocycles. The average Bonchev–Trinajstić information content (AvgIpc) is 2.55. The van der Waals surface area contributed by atoms with Crippen LogP contribution in [0.5, 0.6) is 5.75 Å². The van der Waals surface area contributed by atoms with E-state index in [1.165, 1.54) is 12.1 Å². The Hall–Kier alpha value is -2.08. The summed E-state index contributed by atoms with van der Waals surface area (Å²) in [4.78, 5) is 12.1. The van der Waals surface area contributed by atoms with Gasteiger partial charge < -0.3 is 15.4 Å². The van der Waals surface area contributed by atoms with Gasteiger partial charge in [-0.25, -0.2) is 9.18 Å². The molecule has 2 aromatic carbocycles. The van der Waals surface area contributed by atoms with Crippen molar-refractivity contribution < 1.29 is 13.9 Å². The SMILES string of the molecule is O=C(NCCc1cccc(F)c1)NC1CCOc2ccc(Br)cc21. The van der Waals surface area contributed by atoms with Crippen LogP contribution in [0.2, 0.25) is 0 Å². The molecule has 1 aliphatic heterocycles. The monoisotopic (exact) mass is 392 g/mol. The maximum Gasteiger partial charge on any atom is 0.315 e. The Bertz CT molecular complexity index is 739. The second kappa shape index (κ2) is 7.66. The molecule has 4 nitrogen and oxygen atoms in total. The van der Waals surface area contributed by atoms with Gasteiger partial charge in [-0.2, -0.15) is 0 Å². The van der Waals surface area contributed by atoms with Gasteiger partial charge in [0.2, 0.25) is 0 Å². The number of rotatable bonds is 4. The number of ether oxygens (including phenoxy) is 1. The van der Waals surface area contributed by atoms with Crippen molar-refractivity contribution in [1.82, 2.24) is 10.6 Å². The van der Waals surface area contributed by atoms with Crippen LogP contribution < -0.4 is 15.4 Å². The van der Waals surface area contributed by atoms with Gasteiger partial charge >= 0.3 is 6.03 Å². The zero-order chi connectivity index (χ0) is 16.9. The van der Waals surface area contributed by atoms with Gasteiger partial charge in [-0.3, -0.25) is 0 Å². The molecule has 24 heavy (non-hydrogen) atoms. The number of hydrogen-bond donors (Lipinski definition) is 2. The topological polar surface area (TPSA) is 50.4 Å². The minimum Gasteiger partial charge on any atom is -0.493 e. The van der Waals surface area contributed by atoms with E-state index in [2.05, 4.69) is 26.6 Å². The second-order valence-corrected chi connectivity index (χ2v) is 6.57.